The molecule has 19 heavy (non-hydrogen) atoms. The molecule has 2 rings (SSSR count). The molecule has 1 saturated heterocycles. The molecule has 0 atom stereocenters. The van der Waals surface area contributed by atoms with E-state index in [0.717, 1.165) is 5.69 Å². The molecule has 1 aliphatic rings. The summed E-state index contributed by atoms with van der Waals surface area (Å²) in [5, 5.41) is 3.88. The van der Waals surface area contributed by atoms with Crippen LogP contribution in [0.5, 0.6) is 0 Å². The third kappa shape index (κ3) is 3.73. The van der Waals surface area contributed by atoms with Crippen LogP contribution >= 0.6 is 11.6 Å². The van der Waals surface area contributed by atoms with Crippen molar-refractivity contribution in [2.75, 3.05) is 18.4 Å². The smallest absolute Gasteiger partial charge is 0.410 e. The standard InChI is InChI=1S/C13H18ClN3O2/c1-13(2,3)19-12(18)17-7-9(8-17)16-11-6-15-5-4-10(11)14/h4-6,9,16H,7-8H2,1-3H3. The van der Waals surface area contributed by atoms with Crippen molar-refractivity contribution >= 4 is 23.4 Å². The highest BCUT2D eigenvalue weighted by Gasteiger charge is 2.33. The van der Waals surface area contributed by atoms with Crippen LogP contribution in [0.1, 0.15) is 20.8 Å². The van der Waals surface area contributed by atoms with Gasteiger partial charge in [-0.2, -0.15) is 0 Å². The third-order valence-electron chi connectivity index (χ3n) is 2.66. The van der Waals surface area contributed by atoms with Crippen LogP contribution in [0.3, 0.4) is 0 Å². The van der Waals surface area contributed by atoms with E-state index in [-0.39, 0.29) is 12.1 Å². The Morgan fingerprint density at radius 2 is 2.21 bits per heavy atom. The Hall–Kier alpha value is -1.49. The van der Waals surface area contributed by atoms with Crippen molar-refractivity contribution in [1.29, 1.82) is 0 Å². The van der Waals surface area contributed by atoms with Crippen LogP contribution in [0, 0.1) is 0 Å². The quantitative estimate of drug-likeness (QED) is 0.907. The monoisotopic (exact) mass is 283 g/mol. The van der Waals surface area contributed by atoms with Gasteiger partial charge in [0.1, 0.15) is 5.60 Å². The highest BCUT2D eigenvalue weighted by Crippen LogP contribution is 2.23. The Morgan fingerprint density at radius 3 is 2.79 bits per heavy atom. The molecule has 6 heteroatoms. The maximum Gasteiger partial charge on any atom is 0.410 e. The maximum absolute atomic E-state index is 11.7. The van der Waals surface area contributed by atoms with Gasteiger partial charge in [0.25, 0.3) is 0 Å². The summed E-state index contributed by atoms with van der Waals surface area (Å²) in [5.41, 5.74) is 0.334. The predicted molar refractivity (Wildman–Crippen MR) is 74.5 cm³/mol. The summed E-state index contributed by atoms with van der Waals surface area (Å²) in [7, 11) is 0. The van der Waals surface area contributed by atoms with Crippen LogP contribution in [0.4, 0.5) is 10.5 Å². The molecule has 0 unspecified atom stereocenters. The zero-order valence-corrected chi connectivity index (χ0v) is 12.1. The first-order chi connectivity index (χ1) is 8.85. The number of amides is 1. The van der Waals surface area contributed by atoms with Crippen LogP contribution in [-0.4, -0.2) is 40.7 Å². The Balaban J connectivity index is 1.81. The molecule has 1 aromatic heterocycles. The Bertz CT molecular complexity index is 467. The molecule has 2 heterocycles. The van der Waals surface area contributed by atoms with Crippen LogP contribution < -0.4 is 5.32 Å². The lowest BCUT2D eigenvalue weighted by Gasteiger charge is -2.40. The van der Waals surface area contributed by atoms with E-state index < -0.39 is 5.60 Å². The first-order valence-electron chi connectivity index (χ1n) is 6.19. The fourth-order valence-corrected chi connectivity index (χ4v) is 1.91. The van der Waals surface area contributed by atoms with Crippen molar-refractivity contribution in [3.63, 3.8) is 0 Å². The van der Waals surface area contributed by atoms with E-state index in [1.54, 1.807) is 23.4 Å². The summed E-state index contributed by atoms with van der Waals surface area (Å²) in [5.74, 6) is 0. The molecule has 0 aromatic carbocycles. The summed E-state index contributed by atoms with van der Waals surface area (Å²) < 4.78 is 5.28. The summed E-state index contributed by atoms with van der Waals surface area (Å²) in [4.78, 5) is 17.4. The van der Waals surface area contributed by atoms with Crippen LogP contribution in [0.15, 0.2) is 18.5 Å². The minimum Gasteiger partial charge on any atom is -0.444 e. The predicted octanol–water partition coefficient (Wildman–Crippen LogP) is 2.77. The molecule has 5 nitrogen and oxygen atoms in total. The third-order valence-corrected chi connectivity index (χ3v) is 2.99. The van der Waals surface area contributed by atoms with Gasteiger partial charge in [-0.3, -0.25) is 4.98 Å². The second kappa shape index (κ2) is 5.25. The van der Waals surface area contributed by atoms with Crippen LogP contribution in [-0.2, 0) is 4.74 Å². The van der Waals surface area contributed by atoms with Crippen LogP contribution in [0.25, 0.3) is 0 Å². The van der Waals surface area contributed by atoms with E-state index in [1.165, 1.54) is 0 Å². The molecular formula is C13H18ClN3O2. The summed E-state index contributed by atoms with van der Waals surface area (Å²) >= 11 is 6.03. The lowest BCUT2D eigenvalue weighted by molar-refractivity contribution is 0.0105. The highest BCUT2D eigenvalue weighted by molar-refractivity contribution is 6.33. The zero-order chi connectivity index (χ0) is 14.0. The number of carbonyl (C=O) groups excluding carboxylic acids is 1. The highest BCUT2D eigenvalue weighted by atomic mass is 35.5. The zero-order valence-electron chi connectivity index (χ0n) is 11.3. The molecule has 0 bridgehead atoms. The van der Waals surface area contributed by atoms with Gasteiger partial charge in [-0.15, -0.1) is 0 Å². The molecular weight excluding hydrogens is 266 g/mol. The van der Waals surface area contributed by atoms with Gasteiger partial charge in [-0.05, 0) is 26.8 Å². The number of likely N-dealkylation sites (tertiary alicyclic amines) is 1. The molecule has 1 N–H and O–H groups in total. The molecule has 1 amide bonds. The van der Waals surface area contributed by atoms with Crippen molar-refractivity contribution < 1.29 is 9.53 Å². The number of carbonyl (C=O) groups is 1. The van der Waals surface area contributed by atoms with Gasteiger partial charge in [0, 0.05) is 19.3 Å². The number of halogens is 1. The van der Waals surface area contributed by atoms with Gasteiger partial charge in [0.15, 0.2) is 0 Å². The summed E-state index contributed by atoms with van der Waals surface area (Å²) in [6.07, 6.45) is 3.04. The van der Waals surface area contributed by atoms with Crippen molar-refractivity contribution in [1.82, 2.24) is 9.88 Å². The largest absolute Gasteiger partial charge is 0.444 e. The van der Waals surface area contributed by atoms with Crippen molar-refractivity contribution in [2.45, 2.75) is 32.4 Å². The number of hydrogen-bond donors (Lipinski definition) is 1. The molecule has 0 spiro atoms. The van der Waals surface area contributed by atoms with Gasteiger partial charge < -0.3 is 15.0 Å². The maximum atomic E-state index is 11.7. The van der Waals surface area contributed by atoms with Crippen LogP contribution in [0.2, 0.25) is 5.02 Å². The van der Waals surface area contributed by atoms with E-state index >= 15 is 0 Å². The normalized spacial score (nSPS) is 15.9. The second-order valence-corrected chi connectivity index (χ2v) is 5.99. The lowest BCUT2D eigenvalue weighted by atomic mass is 10.1. The first-order valence-corrected chi connectivity index (χ1v) is 6.57. The molecule has 1 fully saturated rings. The Morgan fingerprint density at radius 1 is 1.53 bits per heavy atom. The van der Waals surface area contributed by atoms with Crippen molar-refractivity contribution in [2.24, 2.45) is 0 Å². The molecule has 1 aliphatic heterocycles. The molecule has 0 radical (unpaired) electrons. The lowest BCUT2D eigenvalue weighted by Crippen LogP contribution is -2.57. The molecule has 1 aromatic rings. The van der Waals surface area contributed by atoms with E-state index in [1.807, 2.05) is 20.8 Å². The summed E-state index contributed by atoms with van der Waals surface area (Å²) in [6.45, 7) is 6.79. The number of nitrogens with one attached hydrogen (secondary N) is 1. The fourth-order valence-electron chi connectivity index (χ4n) is 1.75. The number of hydrogen-bond acceptors (Lipinski definition) is 4. The second-order valence-electron chi connectivity index (χ2n) is 5.58. The fraction of sp³-hybridized carbons (Fsp3) is 0.538. The molecule has 104 valence electrons. The van der Waals surface area contributed by atoms with E-state index in [4.69, 9.17) is 16.3 Å². The van der Waals surface area contributed by atoms with E-state index in [0.29, 0.717) is 18.1 Å². The minimum atomic E-state index is -0.456. The number of ether oxygens (including phenoxy) is 1. The van der Waals surface area contributed by atoms with Crippen molar-refractivity contribution in [3.05, 3.63) is 23.5 Å². The first kappa shape index (κ1) is 13.9. The molecule has 0 aliphatic carbocycles. The Kier molecular flexibility index (Phi) is 3.85. The van der Waals surface area contributed by atoms with Gasteiger partial charge in [0.2, 0.25) is 0 Å². The average Bonchev–Trinajstić information content (AvgIpc) is 2.22. The average molecular weight is 284 g/mol. The topological polar surface area (TPSA) is 54.5 Å². The van der Waals surface area contributed by atoms with Gasteiger partial charge in [-0.1, -0.05) is 11.6 Å². The number of aromatic nitrogens is 1. The van der Waals surface area contributed by atoms with Gasteiger partial charge in [-0.25, -0.2) is 4.79 Å². The number of nitrogens with zero attached hydrogens (tertiary/aromatic N) is 2. The number of pyridine rings is 1. The number of anilines is 1. The van der Waals surface area contributed by atoms with Gasteiger partial charge in [0.05, 0.1) is 22.9 Å². The van der Waals surface area contributed by atoms with Gasteiger partial charge >= 0.3 is 6.09 Å². The van der Waals surface area contributed by atoms with E-state index in [9.17, 15) is 4.79 Å². The van der Waals surface area contributed by atoms with E-state index in [2.05, 4.69) is 10.3 Å². The Labute approximate surface area is 117 Å². The summed E-state index contributed by atoms with van der Waals surface area (Å²) in [6, 6.07) is 1.92. The molecule has 0 saturated carbocycles. The van der Waals surface area contributed by atoms with Crippen molar-refractivity contribution in [3.8, 4) is 0 Å². The SMILES string of the molecule is CC(C)(C)OC(=O)N1CC(Nc2cnccc2Cl)C1. The minimum absolute atomic E-state index is 0.189. The number of rotatable bonds is 2.